The third-order valence-corrected chi connectivity index (χ3v) is 3.34. The molecule has 1 saturated carbocycles. The molecule has 0 aromatic heterocycles. The summed E-state index contributed by atoms with van der Waals surface area (Å²) in [7, 11) is 1.57. The van der Waals surface area contributed by atoms with Gasteiger partial charge in [0.15, 0.2) is 17.3 Å². The molecule has 21 heavy (non-hydrogen) atoms. The fraction of sp³-hybridized carbons (Fsp3) is 0.312. The van der Waals surface area contributed by atoms with Crippen LogP contribution in [0.25, 0.3) is 0 Å². The molecule has 0 spiro atoms. The minimum atomic E-state index is -1.11. The van der Waals surface area contributed by atoms with E-state index in [9.17, 15) is 14.4 Å². The van der Waals surface area contributed by atoms with Gasteiger partial charge in [0.1, 0.15) is 11.7 Å². The first-order valence-electron chi connectivity index (χ1n) is 6.78. The minimum Gasteiger partial charge on any atom is -0.497 e. The maximum Gasteiger partial charge on any atom is 0.175 e. The summed E-state index contributed by atoms with van der Waals surface area (Å²) in [6.45, 7) is 0. The lowest BCUT2D eigenvalue weighted by molar-refractivity contribution is -0.140. The Hall–Kier alpha value is -2.43. The summed E-state index contributed by atoms with van der Waals surface area (Å²) < 4.78 is 5.09. The largest absolute Gasteiger partial charge is 0.497 e. The lowest BCUT2D eigenvalue weighted by Crippen LogP contribution is -2.34. The molecule has 1 aliphatic rings. The van der Waals surface area contributed by atoms with Gasteiger partial charge in [-0.2, -0.15) is 0 Å². The van der Waals surface area contributed by atoms with Gasteiger partial charge in [-0.25, -0.2) is 0 Å². The second-order valence-corrected chi connectivity index (χ2v) is 4.83. The van der Waals surface area contributed by atoms with Crippen LogP contribution in [0.3, 0.4) is 0 Å². The van der Waals surface area contributed by atoms with Crippen LogP contribution in [0.5, 0.6) is 5.75 Å². The fourth-order valence-electron chi connectivity index (χ4n) is 2.25. The van der Waals surface area contributed by atoms with E-state index >= 15 is 0 Å². The Morgan fingerprint density at radius 1 is 1.29 bits per heavy atom. The number of Topliss-reactive ketones (excluding diaryl/α,β-unsaturated/α-hetero) is 2. The van der Waals surface area contributed by atoms with E-state index < -0.39 is 11.7 Å². The average molecular weight is 287 g/mol. The third kappa shape index (κ3) is 3.78. The quantitative estimate of drug-likeness (QED) is 0.663. The van der Waals surface area contributed by atoms with Crippen molar-refractivity contribution >= 4 is 23.0 Å². The molecule has 0 unspecified atom stereocenters. The highest BCUT2D eigenvalue weighted by molar-refractivity contribution is 6.23. The molecule has 2 rings (SSSR count). The Balaban J connectivity index is 1.98. The molecule has 0 bridgehead atoms. The van der Waals surface area contributed by atoms with E-state index in [1.807, 2.05) is 12.1 Å². The smallest absolute Gasteiger partial charge is 0.175 e. The minimum absolute atomic E-state index is 0.276. The molecule has 0 aliphatic heterocycles. The molecule has 1 fully saturated rings. The number of ketones is 3. The van der Waals surface area contributed by atoms with Gasteiger partial charge in [0.2, 0.25) is 0 Å². The number of allylic oxidation sites excluding steroid dienone is 1. The Morgan fingerprint density at radius 2 is 2.00 bits per heavy atom. The van der Waals surface area contributed by atoms with Crippen molar-refractivity contribution in [2.24, 2.45) is 5.92 Å². The molecule has 1 aliphatic carbocycles. The summed E-state index contributed by atoms with van der Waals surface area (Å²) in [5, 5.41) is 2.92. The summed E-state index contributed by atoms with van der Waals surface area (Å²) in [4.78, 5) is 35.2. The summed E-state index contributed by atoms with van der Waals surface area (Å²) in [5.41, 5.74) is 0.750. The van der Waals surface area contributed by atoms with Crippen LogP contribution in [-0.2, 0) is 14.4 Å². The van der Waals surface area contributed by atoms with Gasteiger partial charge >= 0.3 is 0 Å². The first-order valence-corrected chi connectivity index (χ1v) is 6.78. The van der Waals surface area contributed by atoms with Gasteiger partial charge in [-0.05, 0) is 24.6 Å². The molecule has 1 aromatic carbocycles. The average Bonchev–Trinajstić information content (AvgIpc) is 2.47. The van der Waals surface area contributed by atoms with Gasteiger partial charge in [0.25, 0.3) is 0 Å². The summed E-state index contributed by atoms with van der Waals surface area (Å²) in [5.74, 6) is -1.43. The van der Waals surface area contributed by atoms with Gasteiger partial charge in [-0.3, -0.25) is 14.4 Å². The van der Waals surface area contributed by atoms with Crippen molar-refractivity contribution in [1.29, 1.82) is 0 Å². The van der Waals surface area contributed by atoms with Crippen molar-refractivity contribution in [1.82, 2.24) is 0 Å². The number of methoxy groups -OCH3 is 1. The van der Waals surface area contributed by atoms with E-state index in [4.69, 9.17) is 4.74 Å². The van der Waals surface area contributed by atoms with E-state index in [1.54, 1.807) is 19.2 Å². The Kier molecular flexibility index (Phi) is 4.87. The fourth-order valence-corrected chi connectivity index (χ4v) is 2.25. The number of anilines is 1. The molecule has 1 N–H and O–H groups in total. The molecule has 110 valence electrons. The zero-order valence-corrected chi connectivity index (χ0v) is 11.8. The molecule has 5 heteroatoms. The molecule has 0 heterocycles. The number of benzene rings is 1. The van der Waals surface area contributed by atoms with Crippen LogP contribution in [0, 0.1) is 5.92 Å². The number of hydrogen-bond acceptors (Lipinski definition) is 5. The van der Waals surface area contributed by atoms with Gasteiger partial charge in [-0.1, -0.05) is 6.07 Å². The van der Waals surface area contributed by atoms with Crippen LogP contribution < -0.4 is 10.1 Å². The molecule has 5 nitrogen and oxygen atoms in total. The monoisotopic (exact) mass is 287 g/mol. The van der Waals surface area contributed by atoms with E-state index in [1.165, 1.54) is 12.3 Å². The van der Waals surface area contributed by atoms with E-state index in [2.05, 4.69) is 5.32 Å². The number of ether oxygens (including phenoxy) is 1. The van der Waals surface area contributed by atoms with Gasteiger partial charge < -0.3 is 10.1 Å². The molecule has 0 atom stereocenters. The predicted molar refractivity (Wildman–Crippen MR) is 78.1 cm³/mol. The molecule has 1 aromatic rings. The van der Waals surface area contributed by atoms with Crippen molar-refractivity contribution in [2.75, 3.05) is 12.4 Å². The highest BCUT2D eigenvalue weighted by atomic mass is 16.5. The van der Waals surface area contributed by atoms with Crippen LogP contribution in [-0.4, -0.2) is 24.5 Å². The molecule has 0 saturated heterocycles. The second kappa shape index (κ2) is 6.83. The van der Waals surface area contributed by atoms with Crippen molar-refractivity contribution in [3.8, 4) is 5.75 Å². The third-order valence-electron chi connectivity index (χ3n) is 3.34. The summed E-state index contributed by atoms with van der Waals surface area (Å²) >= 11 is 0. The maximum absolute atomic E-state index is 11.9. The van der Waals surface area contributed by atoms with Crippen LogP contribution in [0.2, 0.25) is 0 Å². The standard InChI is InChI=1S/C16H17NO4/c1-21-12-5-2-4-11(10-12)17-9-8-15(20)16-13(18)6-3-7-14(16)19/h2,4-5,8-10,16-17H,3,6-7H2,1H3/b9-8-. The Bertz CT molecular complexity index is 576. The molecule has 0 radical (unpaired) electrons. The first-order chi connectivity index (χ1) is 10.1. The van der Waals surface area contributed by atoms with E-state index in [0.29, 0.717) is 25.0 Å². The zero-order valence-electron chi connectivity index (χ0n) is 11.8. The zero-order chi connectivity index (χ0) is 15.2. The van der Waals surface area contributed by atoms with Crippen molar-refractivity contribution in [3.05, 3.63) is 36.5 Å². The number of rotatable bonds is 5. The van der Waals surface area contributed by atoms with Gasteiger partial charge in [0.05, 0.1) is 7.11 Å². The SMILES string of the molecule is COc1cccc(N/C=C\C(=O)C2C(=O)CCCC2=O)c1. The molecule has 0 amide bonds. The van der Waals surface area contributed by atoms with Crippen molar-refractivity contribution in [3.63, 3.8) is 0 Å². The van der Waals surface area contributed by atoms with E-state index in [0.717, 1.165) is 5.69 Å². The van der Waals surface area contributed by atoms with Crippen LogP contribution in [0.15, 0.2) is 36.5 Å². The lowest BCUT2D eigenvalue weighted by atomic mass is 9.84. The van der Waals surface area contributed by atoms with Gasteiger partial charge in [0, 0.05) is 30.8 Å². The lowest BCUT2D eigenvalue weighted by Gasteiger charge is -2.16. The number of nitrogens with one attached hydrogen (secondary N) is 1. The normalized spacial score (nSPS) is 16.2. The Labute approximate surface area is 123 Å². The van der Waals surface area contributed by atoms with E-state index in [-0.39, 0.29) is 11.6 Å². The van der Waals surface area contributed by atoms with Crippen LogP contribution >= 0.6 is 0 Å². The summed E-state index contributed by atoms with van der Waals surface area (Å²) in [6, 6.07) is 7.20. The van der Waals surface area contributed by atoms with Crippen molar-refractivity contribution in [2.45, 2.75) is 19.3 Å². The topological polar surface area (TPSA) is 72.5 Å². The maximum atomic E-state index is 11.9. The van der Waals surface area contributed by atoms with Crippen LogP contribution in [0.1, 0.15) is 19.3 Å². The predicted octanol–water partition coefficient (Wildman–Crippen LogP) is 2.13. The van der Waals surface area contributed by atoms with Gasteiger partial charge in [-0.15, -0.1) is 0 Å². The molecular weight excluding hydrogens is 270 g/mol. The summed E-state index contributed by atoms with van der Waals surface area (Å²) in [6.07, 6.45) is 3.84. The molecular formula is C16H17NO4. The highest BCUT2D eigenvalue weighted by Crippen LogP contribution is 2.19. The number of carbonyl (C=O) groups is 3. The number of hydrogen-bond donors (Lipinski definition) is 1. The number of carbonyl (C=O) groups excluding carboxylic acids is 3. The Morgan fingerprint density at radius 3 is 2.67 bits per heavy atom. The highest BCUT2D eigenvalue weighted by Gasteiger charge is 2.34. The van der Waals surface area contributed by atoms with Crippen LogP contribution in [0.4, 0.5) is 5.69 Å². The van der Waals surface area contributed by atoms with Crippen molar-refractivity contribution < 1.29 is 19.1 Å². The first kappa shape index (κ1) is 15.0. The second-order valence-electron chi connectivity index (χ2n) is 4.83.